The Kier molecular flexibility index (Phi) is 2.54. The Morgan fingerprint density at radius 2 is 2.23 bits per heavy atom. The third kappa shape index (κ3) is 2.44. The molecular formula is C10H17NO2. The van der Waals surface area contributed by atoms with E-state index in [2.05, 4.69) is 12.2 Å². The Morgan fingerprint density at radius 3 is 2.69 bits per heavy atom. The molecule has 1 heterocycles. The van der Waals surface area contributed by atoms with Crippen molar-refractivity contribution in [2.45, 2.75) is 32.2 Å². The fraction of sp³-hybridized carbons (Fsp3) is 0.900. The third-order valence-corrected chi connectivity index (χ3v) is 2.78. The highest BCUT2D eigenvalue weighted by molar-refractivity contribution is 5.79. The summed E-state index contributed by atoms with van der Waals surface area (Å²) in [5.41, 5.74) is 0. The minimum atomic E-state index is 0.127. The van der Waals surface area contributed by atoms with Gasteiger partial charge in [0, 0.05) is 6.04 Å². The molecule has 0 aromatic heterocycles. The summed E-state index contributed by atoms with van der Waals surface area (Å²) in [4.78, 5) is 11.4. The van der Waals surface area contributed by atoms with Gasteiger partial charge in [-0.1, -0.05) is 12.8 Å². The number of nitrogens with one attached hydrogen (secondary N) is 1. The van der Waals surface area contributed by atoms with E-state index in [9.17, 15) is 4.79 Å². The van der Waals surface area contributed by atoms with E-state index in [4.69, 9.17) is 4.74 Å². The van der Waals surface area contributed by atoms with Crippen molar-refractivity contribution in [2.24, 2.45) is 11.8 Å². The smallest absolute Gasteiger partial charge is 0.227 e. The molecule has 1 N–H and O–H groups in total. The molecular weight excluding hydrogens is 166 g/mol. The predicted molar refractivity (Wildman–Crippen MR) is 49.3 cm³/mol. The molecule has 0 aromatic rings. The lowest BCUT2D eigenvalue weighted by Gasteiger charge is -2.26. The molecule has 1 aliphatic heterocycles. The monoisotopic (exact) mass is 183 g/mol. The number of amides is 1. The SMILES string of the molecule is CC(CC1CC1)NC(=O)C1COC1. The van der Waals surface area contributed by atoms with Crippen LogP contribution in [-0.4, -0.2) is 25.2 Å². The molecule has 3 heteroatoms. The summed E-state index contributed by atoms with van der Waals surface area (Å²) in [5.74, 6) is 1.19. The lowest BCUT2D eigenvalue weighted by Crippen LogP contribution is -2.45. The first kappa shape index (κ1) is 9.00. The third-order valence-electron chi connectivity index (χ3n) is 2.78. The van der Waals surface area contributed by atoms with Crippen LogP contribution in [0.5, 0.6) is 0 Å². The molecule has 2 rings (SSSR count). The van der Waals surface area contributed by atoms with Crippen molar-refractivity contribution in [3.8, 4) is 0 Å². The number of rotatable bonds is 4. The van der Waals surface area contributed by atoms with Crippen LogP contribution >= 0.6 is 0 Å². The van der Waals surface area contributed by atoms with Crippen molar-refractivity contribution >= 4 is 5.91 Å². The van der Waals surface area contributed by atoms with Crippen molar-refractivity contribution in [3.05, 3.63) is 0 Å². The molecule has 13 heavy (non-hydrogen) atoms. The van der Waals surface area contributed by atoms with E-state index in [0.717, 1.165) is 12.3 Å². The van der Waals surface area contributed by atoms with Crippen LogP contribution < -0.4 is 5.32 Å². The maximum Gasteiger partial charge on any atom is 0.227 e. The highest BCUT2D eigenvalue weighted by Crippen LogP contribution is 2.33. The number of carbonyl (C=O) groups is 1. The molecule has 1 amide bonds. The van der Waals surface area contributed by atoms with Gasteiger partial charge in [0.2, 0.25) is 5.91 Å². The topological polar surface area (TPSA) is 38.3 Å². The van der Waals surface area contributed by atoms with Crippen molar-refractivity contribution in [1.82, 2.24) is 5.32 Å². The molecule has 1 atom stereocenters. The van der Waals surface area contributed by atoms with Gasteiger partial charge < -0.3 is 10.1 Å². The Bertz CT molecular complexity index is 197. The van der Waals surface area contributed by atoms with Crippen LogP contribution in [0.2, 0.25) is 0 Å². The zero-order valence-electron chi connectivity index (χ0n) is 8.08. The van der Waals surface area contributed by atoms with Crippen molar-refractivity contribution in [2.75, 3.05) is 13.2 Å². The lowest BCUT2D eigenvalue weighted by atomic mass is 10.1. The lowest BCUT2D eigenvalue weighted by molar-refractivity contribution is -0.139. The molecule has 2 aliphatic rings. The minimum Gasteiger partial charge on any atom is -0.380 e. The predicted octanol–water partition coefficient (Wildman–Crippen LogP) is 0.938. The number of hydrogen-bond donors (Lipinski definition) is 1. The first-order chi connectivity index (χ1) is 6.25. The van der Waals surface area contributed by atoms with Gasteiger partial charge in [-0.25, -0.2) is 0 Å². The average molecular weight is 183 g/mol. The van der Waals surface area contributed by atoms with Crippen LogP contribution in [0.1, 0.15) is 26.2 Å². The van der Waals surface area contributed by atoms with Crippen LogP contribution in [0.3, 0.4) is 0 Å². The summed E-state index contributed by atoms with van der Waals surface area (Å²) in [5, 5.41) is 3.03. The van der Waals surface area contributed by atoms with Gasteiger partial charge in [0.15, 0.2) is 0 Å². The van der Waals surface area contributed by atoms with Gasteiger partial charge in [-0.3, -0.25) is 4.79 Å². The second kappa shape index (κ2) is 3.66. The van der Waals surface area contributed by atoms with Gasteiger partial charge in [0.1, 0.15) is 0 Å². The molecule has 0 radical (unpaired) electrons. The standard InChI is InChI=1S/C10H17NO2/c1-7(4-8-2-3-8)11-10(12)9-5-13-6-9/h7-9H,2-6H2,1H3,(H,11,12). The van der Waals surface area contributed by atoms with Crippen LogP contribution in [0, 0.1) is 11.8 Å². The van der Waals surface area contributed by atoms with E-state index < -0.39 is 0 Å². The summed E-state index contributed by atoms with van der Waals surface area (Å²) in [7, 11) is 0. The maximum absolute atomic E-state index is 11.4. The van der Waals surface area contributed by atoms with Gasteiger partial charge in [-0.15, -0.1) is 0 Å². The maximum atomic E-state index is 11.4. The largest absolute Gasteiger partial charge is 0.380 e. The summed E-state index contributed by atoms with van der Waals surface area (Å²) >= 11 is 0. The zero-order chi connectivity index (χ0) is 9.26. The van der Waals surface area contributed by atoms with Gasteiger partial charge in [0.05, 0.1) is 19.1 Å². The molecule has 2 fully saturated rings. The van der Waals surface area contributed by atoms with Gasteiger partial charge in [-0.05, 0) is 19.3 Å². The van der Waals surface area contributed by atoms with Crippen molar-refractivity contribution < 1.29 is 9.53 Å². The Hall–Kier alpha value is -0.570. The molecule has 3 nitrogen and oxygen atoms in total. The fourth-order valence-electron chi connectivity index (χ4n) is 1.66. The summed E-state index contributed by atoms with van der Waals surface area (Å²) in [6.45, 7) is 3.32. The molecule has 1 saturated carbocycles. The molecule has 1 saturated heterocycles. The van der Waals surface area contributed by atoms with Crippen LogP contribution in [-0.2, 0) is 9.53 Å². The molecule has 0 spiro atoms. The van der Waals surface area contributed by atoms with Crippen LogP contribution in [0.4, 0.5) is 0 Å². The van der Waals surface area contributed by atoms with Gasteiger partial charge in [-0.2, -0.15) is 0 Å². The number of ether oxygens (including phenoxy) is 1. The van der Waals surface area contributed by atoms with E-state index in [1.807, 2.05) is 0 Å². The summed E-state index contributed by atoms with van der Waals surface area (Å²) < 4.78 is 4.97. The molecule has 1 unspecified atom stereocenters. The Labute approximate surface area is 78.8 Å². The first-order valence-electron chi connectivity index (χ1n) is 5.14. The van der Waals surface area contributed by atoms with E-state index in [-0.39, 0.29) is 11.8 Å². The summed E-state index contributed by atoms with van der Waals surface area (Å²) in [6, 6.07) is 0.348. The van der Waals surface area contributed by atoms with E-state index in [1.54, 1.807) is 0 Å². The van der Waals surface area contributed by atoms with Gasteiger partial charge >= 0.3 is 0 Å². The minimum absolute atomic E-state index is 0.127. The first-order valence-corrected chi connectivity index (χ1v) is 5.14. The number of carbonyl (C=O) groups excluding carboxylic acids is 1. The quantitative estimate of drug-likeness (QED) is 0.704. The normalized spacial score (nSPS) is 25.0. The highest BCUT2D eigenvalue weighted by atomic mass is 16.5. The highest BCUT2D eigenvalue weighted by Gasteiger charge is 2.29. The van der Waals surface area contributed by atoms with Crippen molar-refractivity contribution in [1.29, 1.82) is 0 Å². The van der Waals surface area contributed by atoms with Crippen molar-refractivity contribution in [3.63, 3.8) is 0 Å². The van der Waals surface area contributed by atoms with E-state index in [0.29, 0.717) is 19.3 Å². The van der Waals surface area contributed by atoms with Gasteiger partial charge in [0.25, 0.3) is 0 Å². The second-order valence-electron chi connectivity index (χ2n) is 4.32. The molecule has 1 aliphatic carbocycles. The fourth-order valence-corrected chi connectivity index (χ4v) is 1.66. The zero-order valence-corrected chi connectivity index (χ0v) is 8.08. The summed E-state index contributed by atoms with van der Waals surface area (Å²) in [6.07, 6.45) is 3.86. The van der Waals surface area contributed by atoms with E-state index in [1.165, 1.54) is 12.8 Å². The van der Waals surface area contributed by atoms with Crippen LogP contribution in [0.15, 0.2) is 0 Å². The number of hydrogen-bond acceptors (Lipinski definition) is 2. The Balaban J connectivity index is 1.65. The molecule has 74 valence electrons. The van der Waals surface area contributed by atoms with Crippen LogP contribution in [0.25, 0.3) is 0 Å². The second-order valence-corrected chi connectivity index (χ2v) is 4.32. The molecule has 0 aromatic carbocycles. The average Bonchev–Trinajstić information content (AvgIpc) is 2.65. The van der Waals surface area contributed by atoms with E-state index >= 15 is 0 Å². The Morgan fingerprint density at radius 1 is 1.54 bits per heavy atom. The molecule has 0 bridgehead atoms.